The molecule has 0 aliphatic carbocycles. The fourth-order valence-electron chi connectivity index (χ4n) is 2.75. The maximum atomic E-state index is 9.02. The van der Waals surface area contributed by atoms with Gasteiger partial charge >= 0.3 is 0 Å². The highest BCUT2D eigenvalue weighted by Gasteiger charge is 2.24. The summed E-state index contributed by atoms with van der Waals surface area (Å²) < 4.78 is 11.0. The summed E-state index contributed by atoms with van der Waals surface area (Å²) in [5.74, 6) is 2.24. The molecule has 4 rings (SSSR count). The van der Waals surface area contributed by atoms with Crippen LogP contribution in [0.25, 0.3) is 0 Å². The van der Waals surface area contributed by atoms with Crippen molar-refractivity contribution in [3.05, 3.63) is 59.2 Å². The van der Waals surface area contributed by atoms with E-state index in [-0.39, 0.29) is 6.79 Å². The van der Waals surface area contributed by atoms with Crippen molar-refractivity contribution in [1.82, 2.24) is 9.97 Å². The van der Waals surface area contributed by atoms with Gasteiger partial charge in [-0.2, -0.15) is 10.2 Å². The second-order valence-corrected chi connectivity index (χ2v) is 6.15. The summed E-state index contributed by atoms with van der Waals surface area (Å²) in [7, 11) is 1.84. The van der Waals surface area contributed by atoms with E-state index in [0.29, 0.717) is 39.5 Å². The molecule has 0 fully saturated rings. The van der Waals surface area contributed by atoms with Gasteiger partial charge in [-0.3, -0.25) is 0 Å². The summed E-state index contributed by atoms with van der Waals surface area (Å²) in [6.07, 6.45) is 1.64. The molecule has 2 aromatic carbocycles. The Morgan fingerprint density at radius 2 is 2.11 bits per heavy atom. The number of hydrogen-bond acceptors (Lipinski definition) is 7. The molecule has 0 unspecified atom stereocenters. The zero-order valence-corrected chi connectivity index (χ0v) is 15.1. The van der Waals surface area contributed by atoms with Crippen LogP contribution >= 0.6 is 11.6 Å². The first-order chi connectivity index (χ1) is 13.2. The molecule has 134 valence electrons. The van der Waals surface area contributed by atoms with Crippen molar-refractivity contribution in [3.63, 3.8) is 0 Å². The molecule has 8 heteroatoms. The number of fused-ring (bicyclic) bond motifs is 1. The number of aromatic nitrogens is 2. The summed E-state index contributed by atoms with van der Waals surface area (Å²) in [4.78, 5) is 10.6. The van der Waals surface area contributed by atoms with Gasteiger partial charge in [-0.05, 0) is 36.4 Å². The number of rotatable bonds is 4. The van der Waals surface area contributed by atoms with E-state index in [9.17, 15) is 0 Å². The van der Waals surface area contributed by atoms with Crippen LogP contribution in [0.3, 0.4) is 0 Å². The Bertz CT molecular complexity index is 1050. The molecule has 0 saturated heterocycles. The molecular formula is C19H14ClN5O2. The second-order valence-electron chi connectivity index (χ2n) is 5.74. The first-order valence-corrected chi connectivity index (χ1v) is 8.45. The SMILES string of the molecule is CN(c1ccnc(Nc2cccc(C#N)c2)n1)c1c(Cl)ccc2c1OCO2. The van der Waals surface area contributed by atoms with Gasteiger partial charge < -0.3 is 19.7 Å². The Morgan fingerprint density at radius 3 is 2.96 bits per heavy atom. The zero-order valence-electron chi connectivity index (χ0n) is 14.3. The molecule has 3 aromatic rings. The van der Waals surface area contributed by atoms with Crippen molar-refractivity contribution in [3.8, 4) is 17.6 Å². The average Bonchev–Trinajstić information content (AvgIpc) is 3.16. The molecule has 0 atom stereocenters. The van der Waals surface area contributed by atoms with E-state index in [1.807, 2.05) is 18.0 Å². The lowest BCUT2D eigenvalue weighted by Crippen LogP contribution is -2.13. The average molecular weight is 380 g/mol. The van der Waals surface area contributed by atoms with E-state index in [2.05, 4.69) is 21.4 Å². The summed E-state index contributed by atoms with van der Waals surface area (Å²) >= 11 is 6.39. The third-order valence-electron chi connectivity index (χ3n) is 4.03. The molecule has 1 aromatic heterocycles. The lowest BCUT2D eigenvalue weighted by atomic mass is 10.2. The molecule has 0 spiro atoms. The fourth-order valence-corrected chi connectivity index (χ4v) is 3.03. The molecule has 0 saturated carbocycles. The lowest BCUT2D eigenvalue weighted by Gasteiger charge is -2.21. The van der Waals surface area contributed by atoms with Crippen LogP contribution < -0.4 is 19.7 Å². The smallest absolute Gasteiger partial charge is 0.231 e. The maximum Gasteiger partial charge on any atom is 0.231 e. The molecule has 7 nitrogen and oxygen atoms in total. The van der Waals surface area contributed by atoms with Crippen LogP contribution in [0.2, 0.25) is 5.02 Å². The Labute approximate surface area is 160 Å². The number of halogens is 1. The molecule has 27 heavy (non-hydrogen) atoms. The largest absolute Gasteiger partial charge is 0.454 e. The van der Waals surface area contributed by atoms with Crippen LogP contribution in [0.1, 0.15) is 5.56 Å². The number of hydrogen-bond donors (Lipinski definition) is 1. The van der Waals surface area contributed by atoms with Gasteiger partial charge in [-0.25, -0.2) is 4.98 Å². The van der Waals surface area contributed by atoms with Crippen molar-refractivity contribution >= 4 is 34.7 Å². The van der Waals surface area contributed by atoms with Gasteiger partial charge in [0.2, 0.25) is 12.7 Å². The third-order valence-corrected chi connectivity index (χ3v) is 4.34. The predicted octanol–water partition coefficient (Wildman–Crippen LogP) is 4.24. The van der Waals surface area contributed by atoms with Crippen LogP contribution in [-0.2, 0) is 0 Å². The zero-order chi connectivity index (χ0) is 18.8. The summed E-state index contributed by atoms with van der Waals surface area (Å²) in [6, 6.07) is 14.5. The highest BCUT2D eigenvalue weighted by Crippen LogP contribution is 2.46. The van der Waals surface area contributed by atoms with E-state index in [1.54, 1.807) is 42.6 Å². The Hall–Kier alpha value is -3.50. The Kier molecular flexibility index (Phi) is 4.40. The number of anilines is 4. The molecule has 0 radical (unpaired) electrons. The number of nitrogens with one attached hydrogen (secondary N) is 1. The van der Waals surface area contributed by atoms with Crippen molar-refractivity contribution in [2.45, 2.75) is 0 Å². The normalized spacial score (nSPS) is 11.7. The first-order valence-electron chi connectivity index (χ1n) is 8.08. The number of nitrogens with zero attached hydrogens (tertiary/aromatic N) is 4. The molecule has 1 aliphatic heterocycles. The van der Waals surface area contributed by atoms with Gasteiger partial charge in [-0.15, -0.1) is 0 Å². The maximum absolute atomic E-state index is 9.02. The fraction of sp³-hybridized carbons (Fsp3) is 0.105. The lowest BCUT2D eigenvalue weighted by molar-refractivity contribution is 0.174. The van der Waals surface area contributed by atoms with Crippen LogP contribution in [0.15, 0.2) is 48.7 Å². The Morgan fingerprint density at radius 1 is 1.22 bits per heavy atom. The van der Waals surface area contributed by atoms with Crippen LogP contribution in [-0.4, -0.2) is 23.8 Å². The van der Waals surface area contributed by atoms with Gasteiger partial charge in [0, 0.05) is 18.9 Å². The van der Waals surface area contributed by atoms with E-state index in [0.717, 1.165) is 5.69 Å². The molecular weight excluding hydrogens is 366 g/mol. The topological polar surface area (TPSA) is 83.3 Å². The second kappa shape index (κ2) is 7.02. The van der Waals surface area contributed by atoms with Gasteiger partial charge in [0.05, 0.1) is 16.7 Å². The van der Waals surface area contributed by atoms with Gasteiger partial charge in [0.15, 0.2) is 11.5 Å². The monoisotopic (exact) mass is 379 g/mol. The highest BCUT2D eigenvalue weighted by atomic mass is 35.5. The molecule has 0 amide bonds. The third kappa shape index (κ3) is 3.30. The van der Waals surface area contributed by atoms with E-state index >= 15 is 0 Å². The van der Waals surface area contributed by atoms with E-state index in [4.69, 9.17) is 26.3 Å². The van der Waals surface area contributed by atoms with Crippen LogP contribution in [0.5, 0.6) is 11.5 Å². The summed E-state index contributed by atoms with van der Waals surface area (Å²) in [5.41, 5.74) is 1.95. The van der Waals surface area contributed by atoms with Crippen molar-refractivity contribution < 1.29 is 9.47 Å². The molecule has 0 bridgehead atoms. The standard InChI is InChI=1S/C19H14ClN5O2/c1-25(17-14(20)5-6-15-18(17)27-11-26-15)16-7-8-22-19(24-16)23-13-4-2-3-12(9-13)10-21/h2-9H,11H2,1H3,(H,22,23,24). The summed E-state index contributed by atoms with van der Waals surface area (Å²) in [5, 5.41) is 12.7. The number of ether oxygens (including phenoxy) is 2. The highest BCUT2D eigenvalue weighted by molar-refractivity contribution is 6.34. The van der Waals surface area contributed by atoms with Gasteiger partial charge in [-0.1, -0.05) is 17.7 Å². The van der Waals surface area contributed by atoms with Crippen molar-refractivity contribution in [1.29, 1.82) is 5.26 Å². The van der Waals surface area contributed by atoms with E-state index < -0.39 is 0 Å². The first kappa shape index (κ1) is 16.9. The van der Waals surface area contributed by atoms with E-state index in [1.165, 1.54) is 0 Å². The van der Waals surface area contributed by atoms with Gasteiger partial charge in [0.25, 0.3) is 0 Å². The minimum Gasteiger partial charge on any atom is -0.454 e. The van der Waals surface area contributed by atoms with Crippen LogP contribution in [0, 0.1) is 11.3 Å². The van der Waals surface area contributed by atoms with Crippen LogP contribution in [0.4, 0.5) is 23.1 Å². The summed E-state index contributed by atoms with van der Waals surface area (Å²) in [6.45, 7) is 0.155. The minimum absolute atomic E-state index is 0.155. The molecule has 2 heterocycles. The minimum atomic E-state index is 0.155. The number of nitriles is 1. The molecule has 1 N–H and O–H groups in total. The van der Waals surface area contributed by atoms with Gasteiger partial charge in [0.1, 0.15) is 11.5 Å². The van der Waals surface area contributed by atoms with Crippen molar-refractivity contribution in [2.24, 2.45) is 0 Å². The number of benzene rings is 2. The predicted molar refractivity (Wildman–Crippen MR) is 102 cm³/mol. The Balaban J connectivity index is 1.65. The quantitative estimate of drug-likeness (QED) is 0.725. The molecule has 1 aliphatic rings. The van der Waals surface area contributed by atoms with Crippen molar-refractivity contribution in [2.75, 3.05) is 24.1 Å².